The van der Waals surface area contributed by atoms with Gasteiger partial charge in [0.1, 0.15) is 5.02 Å². The van der Waals surface area contributed by atoms with Crippen molar-refractivity contribution >= 4 is 39.1 Å². The molecule has 0 saturated heterocycles. The molecule has 0 aliphatic heterocycles. The topological polar surface area (TPSA) is 68.3 Å². The van der Waals surface area contributed by atoms with Gasteiger partial charge in [-0.3, -0.25) is 9.48 Å². The van der Waals surface area contributed by atoms with Gasteiger partial charge in [0, 0.05) is 42.4 Å². The van der Waals surface area contributed by atoms with Crippen molar-refractivity contribution in [3.8, 4) is 11.3 Å². The Kier molecular flexibility index (Phi) is 5.95. The highest BCUT2D eigenvalue weighted by molar-refractivity contribution is 9.10. The minimum absolute atomic E-state index is 0.0578. The Hall–Kier alpha value is -2.92. The lowest BCUT2D eigenvalue weighted by molar-refractivity contribution is -0.142. The molecule has 0 bridgehead atoms. The summed E-state index contributed by atoms with van der Waals surface area (Å²) in [5.74, 6) is -0.632. The lowest BCUT2D eigenvalue weighted by Gasteiger charge is -2.15. The van der Waals surface area contributed by atoms with Crippen molar-refractivity contribution in [1.82, 2.24) is 29.3 Å². The second-order valence-corrected chi connectivity index (χ2v) is 8.80. The largest absolute Gasteiger partial charge is 0.433 e. The van der Waals surface area contributed by atoms with Crippen LogP contribution < -0.4 is 0 Å². The van der Waals surface area contributed by atoms with Crippen molar-refractivity contribution in [2.75, 3.05) is 7.05 Å². The number of hydrogen-bond donors (Lipinski definition) is 0. The van der Waals surface area contributed by atoms with Gasteiger partial charge in [-0.2, -0.15) is 23.4 Å². The van der Waals surface area contributed by atoms with Gasteiger partial charge < -0.3 is 4.90 Å². The van der Waals surface area contributed by atoms with E-state index in [2.05, 4.69) is 31.1 Å². The predicted molar refractivity (Wildman–Crippen MR) is 120 cm³/mol. The van der Waals surface area contributed by atoms with Gasteiger partial charge in [0.2, 0.25) is 0 Å². The van der Waals surface area contributed by atoms with Crippen LogP contribution in [0.1, 0.15) is 27.4 Å². The number of fused-ring (bicyclic) bond motifs is 1. The average molecular weight is 542 g/mol. The van der Waals surface area contributed by atoms with E-state index >= 15 is 0 Å². The molecular formula is C21H17BrClF3N6O. The van der Waals surface area contributed by atoms with Gasteiger partial charge in [0.25, 0.3) is 5.91 Å². The number of carbonyl (C=O) groups excluding carboxylic acids is 1. The smallest absolute Gasteiger partial charge is 0.336 e. The van der Waals surface area contributed by atoms with Crippen LogP contribution in [0, 0.1) is 6.92 Å². The highest BCUT2D eigenvalue weighted by Crippen LogP contribution is 2.35. The molecule has 1 aromatic carbocycles. The van der Waals surface area contributed by atoms with Gasteiger partial charge in [0.15, 0.2) is 17.0 Å². The molecular weight excluding hydrogens is 525 g/mol. The highest BCUT2D eigenvalue weighted by atomic mass is 79.9. The molecule has 33 heavy (non-hydrogen) atoms. The summed E-state index contributed by atoms with van der Waals surface area (Å²) in [6.07, 6.45) is -2.99. The Bertz CT molecular complexity index is 1360. The first-order chi connectivity index (χ1) is 15.5. The SMILES string of the molecule is Cc1nn(C)cc1CN(C)C(=O)c1nn2c(C(F)(F)F)cc(-c3ccc(Br)cc3)nc2c1Cl. The standard InChI is InChI=1S/C21H17BrClF3N6O/c1-11-13(10-31(3)28-11)9-30(2)20(33)18-17(23)19-27-15(12-4-6-14(22)7-5-12)8-16(21(24,25)26)32(19)29-18/h4-8,10H,9H2,1-3H3. The summed E-state index contributed by atoms with van der Waals surface area (Å²) in [4.78, 5) is 18.6. The summed E-state index contributed by atoms with van der Waals surface area (Å²) in [6, 6.07) is 7.52. The summed E-state index contributed by atoms with van der Waals surface area (Å²) < 4.78 is 44.6. The zero-order chi connectivity index (χ0) is 24.1. The third-order valence-corrected chi connectivity index (χ3v) is 5.91. The first-order valence-electron chi connectivity index (χ1n) is 9.62. The maximum atomic E-state index is 13.9. The lowest BCUT2D eigenvalue weighted by atomic mass is 10.1. The maximum absolute atomic E-state index is 13.9. The van der Waals surface area contributed by atoms with Crippen LogP contribution in [-0.2, 0) is 19.8 Å². The Labute approximate surface area is 199 Å². The molecule has 172 valence electrons. The van der Waals surface area contributed by atoms with Crippen molar-refractivity contribution in [1.29, 1.82) is 0 Å². The molecule has 0 N–H and O–H groups in total. The molecule has 0 atom stereocenters. The van der Waals surface area contributed by atoms with Crippen molar-refractivity contribution < 1.29 is 18.0 Å². The number of benzene rings is 1. The monoisotopic (exact) mass is 540 g/mol. The van der Waals surface area contributed by atoms with E-state index in [1.807, 2.05) is 0 Å². The summed E-state index contributed by atoms with van der Waals surface area (Å²) in [6.45, 7) is 1.99. The number of aromatic nitrogens is 5. The van der Waals surface area contributed by atoms with Crippen molar-refractivity contribution in [2.24, 2.45) is 7.05 Å². The zero-order valence-electron chi connectivity index (χ0n) is 17.7. The van der Waals surface area contributed by atoms with Crippen LogP contribution in [0.15, 0.2) is 41.0 Å². The predicted octanol–water partition coefficient (Wildman–Crippen LogP) is 5.15. The number of carbonyl (C=O) groups is 1. The molecule has 3 aromatic heterocycles. The molecule has 0 aliphatic carbocycles. The molecule has 0 radical (unpaired) electrons. The van der Waals surface area contributed by atoms with E-state index in [4.69, 9.17) is 11.6 Å². The second-order valence-electron chi connectivity index (χ2n) is 7.50. The molecule has 0 aliphatic rings. The number of aryl methyl sites for hydroxylation is 2. The van der Waals surface area contributed by atoms with E-state index in [1.165, 1.54) is 11.9 Å². The van der Waals surface area contributed by atoms with Crippen LogP contribution in [0.25, 0.3) is 16.9 Å². The molecule has 12 heteroatoms. The maximum Gasteiger partial charge on any atom is 0.433 e. The molecule has 7 nitrogen and oxygen atoms in total. The molecule has 1 amide bonds. The Morgan fingerprint density at radius 3 is 2.45 bits per heavy atom. The van der Waals surface area contributed by atoms with Crippen LogP contribution in [-0.4, -0.2) is 42.2 Å². The number of hydrogen-bond acceptors (Lipinski definition) is 4. The normalized spacial score (nSPS) is 11.9. The van der Waals surface area contributed by atoms with E-state index in [0.717, 1.165) is 21.8 Å². The number of alkyl halides is 3. The number of halogens is 5. The molecule has 0 saturated carbocycles. The first-order valence-corrected chi connectivity index (χ1v) is 10.8. The molecule has 4 aromatic rings. The average Bonchev–Trinajstić information content (AvgIpc) is 3.24. The number of rotatable bonds is 4. The molecule has 0 fully saturated rings. The molecule has 0 unspecified atom stereocenters. The van der Waals surface area contributed by atoms with E-state index in [1.54, 1.807) is 49.1 Å². The first kappa shape index (κ1) is 23.2. The van der Waals surface area contributed by atoms with E-state index in [9.17, 15) is 18.0 Å². The van der Waals surface area contributed by atoms with Gasteiger partial charge in [0.05, 0.1) is 11.4 Å². The van der Waals surface area contributed by atoms with Gasteiger partial charge in [-0.15, -0.1) is 0 Å². The second kappa shape index (κ2) is 8.45. The minimum Gasteiger partial charge on any atom is -0.336 e. The molecule has 0 spiro atoms. The van der Waals surface area contributed by atoms with Crippen LogP contribution in [0.3, 0.4) is 0 Å². The summed E-state index contributed by atoms with van der Waals surface area (Å²) in [7, 11) is 3.27. The molecule has 3 heterocycles. The third-order valence-electron chi connectivity index (χ3n) is 5.04. The van der Waals surface area contributed by atoms with Crippen molar-refractivity contribution in [3.05, 3.63) is 68.7 Å². The summed E-state index contributed by atoms with van der Waals surface area (Å²) in [5.41, 5.74) is 0.392. The fraction of sp³-hybridized carbons (Fsp3) is 0.238. The Morgan fingerprint density at radius 1 is 1.21 bits per heavy atom. The van der Waals surface area contributed by atoms with E-state index in [-0.39, 0.29) is 28.6 Å². The highest BCUT2D eigenvalue weighted by Gasteiger charge is 2.37. The minimum atomic E-state index is -4.75. The zero-order valence-corrected chi connectivity index (χ0v) is 20.0. The van der Waals surface area contributed by atoms with Crippen molar-refractivity contribution in [2.45, 2.75) is 19.6 Å². The van der Waals surface area contributed by atoms with Crippen LogP contribution in [0.2, 0.25) is 5.02 Å². The van der Waals surface area contributed by atoms with Crippen molar-refractivity contribution in [3.63, 3.8) is 0 Å². The fourth-order valence-electron chi connectivity index (χ4n) is 3.41. The van der Waals surface area contributed by atoms with Crippen LogP contribution in [0.5, 0.6) is 0 Å². The third kappa shape index (κ3) is 4.47. The number of nitrogens with zero attached hydrogens (tertiary/aromatic N) is 6. The van der Waals surface area contributed by atoms with Gasteiger partial charge >= 0.3 is 6.18 Å². The summed E-state index contributed by atoms with van der Waals surface area (Å²) >= 11 is 9.65. The quantitative estimate of drug-likeness (QED) is 0.359. The lowest BCUT2D eigenvalue weighted by Crippen LogP contribution is -2.27. The van der Waals surface area contributed by atoms with E-state index < -0.39 is 17.8 Å². The van der Waals surface area contributed by atoms with Gasteiger partial charge in [-0.05, 0) is 25.1 Å². The fourth-order valence-corrected chi connectivity index (χ4v) is 3.92. The molecule has 4 rings (SSSR count). The van der Waals surface area contributed by atoms with Gasteiger partial charge in [-0.1, -0.05) is 39.7 Å². The van der Waals surface area contributed by atoms with Crippen LogP contribution >= 0.6 is 27.5 Å². The Balaban J connectivity index is 1.80. The van der Waals surface area contributed by atoms with E-state index in [0.29, 0.717) is 10.1 Å². The number of amides is 1. The van der Waals surface area contributed by atoms with Gasteiger partial charge in [-0.25, -0.2) is 9.50 Å². The summed E-state index contributed by atoms with van der Waals surface area (Å²) in [5, 5.41) is 7.88. The Morgan fingerprint density at radius 2 is 1.88 bits per heavy atom. The van der Waals surface area contributed by atoms with Crippen LogP contribution in [0.4, 0.5) is 13.2 Å².